The second-order valence-corrected chi connectivity index (χ2v) is 6.05. The van der Waals surface area contributed by atoms with Gasteiger partial charge in [-0.15, -0.1) is 0 Å². The third-order valence-corrected chi connectivity index (χ3v) is 4.40. The van der Waals surface area contributed by atoms with Gasteiger partial charge in [-0.1, -0.05) is 15.9 Å². The van der Waals surface area contributed by atoms with E-state index in [1.54, 1.807) is 24.7 Å². The highest BCUT2D eigenvalue weighted by Gasteiger charge is 2.11. The molecule has 6 heteroatoms. The summed E-state index contributed by atoms with van der Waals surface area (Å²) in [5.74, 6) is 0. The number of nitrogens with zero attached hydrogens (tertiary/aromatic N) is 3. The minimum atomic E-state index is -0.128. The minimum Gasteiger partial charge on any atom is -0.295 e. The highest BCUT2D eigenvalue weighted by Crippen LogP contribution is 2.19. The van der Waals surface area contributed by atoms with E-state index < -0.39 is 0 Å². The Morgan fingerprint density at radius 3 is 2.83 bits per heavy atom. The number of nitrogens with one attached hydrogen (secondary N) is 1. The van der Waals surface area contributed by atoms with Crippen LogP contribution in [-0.4, -0.2) is 21.0 Å². The maximum absolute atomic E-state index is 12.6. The van der Waals surface area contributed by atoms with E-state index >= 15 is 0 Å². The number of pyridine rings is 1. The highest BCUT2D eigenvalue weighted by molar-refractivity contribution is 9.10. The van der Waals surface area contributed by atoms with Crippen molar-refractivity contribution in [3.63, 3.8) is 0 Å². The van der Waals surface area contributed by atoms with Crippen molar-refractivity contribution in [3.8, 4) is 5.69 Å². The smallest absolute Gasteiger partial charge is 0.280 e. The Morgan fingerprint density at radius 2 is 2.13 bits per heavy atom. The lowest BCUT2D eigenvalue weighted by Crippen LogP contribution is -2.17. The third kappa shape index (κ3) is 3.17. The van der Waals surface area contributed by atoms with Crippen molar-refractivity contribution in [1.29, 1.82) is 0 Å². The van der Waals surface area contributed by atoms with Gasteiger partial charge in [0.25, 0.3) is 5.56 Å². The number of aliphatic imine (C=N–C) groups is 1. The average Bonchev–Trinajstić information content (AvgIpc) is 2.84. The Kier molecular flexibility index (Phi) is 4.25. The van der Waals surface area contributed by atoms with Gasteiger partial charge in [0.1, 0.15) is 0 Å². The van der Waals surface area contributed by atoms with Gasteiger partial charge in [-0.3, -0.25) is 19.9 Å². The van der Waals surface area contributed by atoms with Crippen molar-refractivity contribution in [2.75, 3.05) is 0 Å². The molecular formula is C17H15BrN4O. The van der Waals surface area contributed by atoms with Gasteiger partial charge in [-0.2, -0.15) is 0 Å². The number of benzene rings is 1. The van der Waals surface area contributed by atoms with Crippen molar-refractivity contribution in [2.24, 2.45) is 4.99 Å². The normalized spacial score (nSPS) is 11.3. The molecule has 1 aromatic carbocycles. The minimum absolute atomic E-state index is 0.128. The molecule has 0 atom stereocenters. The zero-order chi connectivity index (χ0) is 16.4. The first-order valence-corrected chi connectivity index (χ1v) is 7.88. The molecule has 0 aliphatic heterocycles. The van der Waals surface area contributed by atoms with E-state index in [-0.39, 0.29) is 5.56 Å². The highest BCUT2D eigenvalue weighted by atomic mass is 79.9. The van der Waals surface area contributed by atoms with Crippen LogP contribution in [0.25, 0.3) is 5.69 Å². The van der Waals surface area contributed by atoms with Crippen LogP contribution in [-0.2, 0) is 0 Å². The van der Waals surface area contributed by atoms with Crippen LogP contribution in [0.3, 0.4) is 0 Å². The van der Waals surface area contributed by atoms with E-state index in [9.17, 15) is 4.79 Å². The maximum atomic E-state index is 12.6. The van der Waals surface area contributed by atoms with E-state index in [1.807, 2.05) is 38.1 Å². The molecule has 0 spiro atoms. The summed E-state index contributed by atoms with van der Waals surface area (Å²) >= 11 is 3.47. The van der Waals surface area contributed by atoms with Crippen molar-refractivity contribution in [1.82, 2.24) is 14.8 Å². The molecule has 0 aliphatic rings. The van der Waals surface area contributed by atoms with Crippen LogP contribution >= 0.6 is 15.9 Å². The molecule has 0 radical (unpaired) electrons. The SMILES string of the molecule is Cc1cc(-n2[nH]c(C)c(C=Nc3cccnc3)c2=O)ccc1Br. The molecule has 0 amide bonds. The first-order chi connectivity index (χ1) is 11.1. The summed E-state index contributed by atoms with van der Waals surface area (Å²) in [5, 5.41) is 3.09. The molecule has 116 valence electrons. The summed E-state index contributed by atoms with van der Waals surface area (Å²) in [6.07, 6.45) is 4.91. The van der Waals surface area contributed by atoms with Gasteiger partial charge in [0.15, 0.2) is 0 Å². The second kappa shape index (κ2) is 6.34. The summed E-state index contributed by atoms with van der Waals surface area (Å²) in [6.45, 7) is 3.84. The monoisotopic (exact) mass is 370 g/mol. The molecule has 2 aromatic heterocycles. The van der Waals surface area contributed by atoms with Crippen LogP contribution in [0.4, 0.5) is 5.69 Å². The number of hydrogen-bond acceptors (Lipinski definition) is 3. The molecule has 3 rings (SSSR count). The van der Waals surface area contributed by atoms with Crippen LogP contribution in [0.1, 0.15) is 16.8 Å². The average molecular weight is 371 g/mol. The summed E-state index contributed by atoms with van der Waals surface area (Å²) in [5.41, 5.74) is 3.74. The first-order valence-electron chi connectivity index (χ1n) is 7.08. The summed E-state index contributed by atoms with van der Waals surface area (Å²) in [4.78, 5) is 20.9. The Hall–Kier alpha value is -2.47. The fourth-order valence-corrected chi connectivity index (χ4v) is 2.48. The molecule has 2 heterocycles. The van der Waals surface area contributed by atoms with Crippen molar-refractivity contribution in [2.45, 2.75) is 13.8 Å². The lowest BCUT2D eigenvalue weighted by molar-refractivity contribution is 0.834. The molecular weight excluding hydrogens is 356 g/mol. The topological polar surface area (TPSA) is 63.0 Å². The van der Waals surface area contributed by atoms with Gasteiger partial charge >= 0.3 is 0 Å². The molecule has 0 bridgehead atoms. The molecule has 0 saturated heterocycles. The van der Waals surface area contributed by atoms with Crippen LogP contribution in [0.5, 0.6) is 0 Å². The van der Waals surface area contributed by atoms with Crippen LogP contribution in [0.15, 0.2) is 57.0 Å². The van der Waals surface area contributed by atoms with Crippen molar-refractivity contribution >= 4 is 27.8 Å². The fourth-order valence-electron chi connectivity index (χ4n) is 2.23. The number of halogens is 1. The van der Waals surface area contributed by atoms with Gasteiger partial charge in [0.05, 0.1) is 23.1 Å². The van der Waals surface area contributed by atoms with E-state index in [4.69, 9.17) is 0 Å². The van der Waals surface area contributed by atoms with Gasteiger partial charge in [0.2, 0.25) is 0 Å². The number of hydrogen-bond donors (Lipinski definition) is 1. The molecule has 3 aromatic rings. The van der Waals surface area contributed by atoms with Crippen molar-refractivity contribution < 1.29 is 0 Å². The molecule has 23 heavy (non-hydrogen) atoms. The number of aryl methyl sites for hydroxylation is 2. The number of rotatable bonds is 3. The predicted octanol–water partition coefficient (Wildman–Crippen LogP) is 3.69. The number of aromatic amines is 1. The molecule has 5 nitrogen and oxygen atoms in total. The standard InChI is InChI=1S/C17H15BrN4O/c1-11-8-14(5-6-16(11)18)22-17(23)15(12(2)21-22)10-20-13-4-3-7-19-9-13/h3-10,21H,1-2H3. The fraction of sp³-hybridized carbons (Fsp3) is 0.118. The van der Waals surface area contributed by atoms with Gasteiger partial charge in [-0.05, 0) is 49.7 Å². The Morgan fingerprint density at radius 1 is 1.30 bits per heavy atom. The number of aromatic nitrogens is 3. The Labute approximate surface area is 141 Å². The molecule has 0 aliphatic carbocycles. The van der Waals surface area contributed by atoms with Gasteiger partial charge < -0.3 is 0 Å². The van der Waals surface area contributed by atoms with E-state index in [0.29, 0.717) is 11.3 Å². The Balaban J connectivity index is 2.01. The van der Waals surface area contributed by atoms with Crippen molar-refractivity contribution in [3.05, 3.63) is 74.4 Å². The van der Waals surface area contributed by atoms with Gasteiger partial charge in [-0.25, -0.2) is 4.68 Å². The molecule has 1 N–H and O–H groups in total. The lowest BCUT2D eigenvalue weighted by Gasteiger charge is -2.04. The molecule has 0 saturated carbocycles. The quantitative estimate of drug-likeness (QED) is 0.714. The third-order valence-electron chi connectivity index (χ3n) is 3.51. The first kappa shape index (κ1) is 15.4. The maximum Gasteiger partial charge on any atom is 0.280 e. The molecule has 0 fully saturated rings. The number of H-pyrrole nitrogens is 1. The lowest BCUT2D eigenvalue weighted by atomic mass is 10.2. The summed E-state index contributed by atoms with van der Waals surface area (Å²) < 4.78 is 2.54. The van der Waals surface area contributed by atoms with E-state index in [0.717, 1.165) is 21.4 Å². The van der Waals surface area contributed by atoms with Crippen LogP contribution in [0, 0.1) is 13.8 Å². The largest absolute Gasteiger partial charge is 0.295 e. The summed E-state index contributed by atoms with van der Waals surface area (Å²) in [6, 6.07) is 9.40. The van der Waals surface area contributed by atoms with Crippen LogP contribution < -0.4 is 5.56 Å². The molecule has 0 unspecified atom stereocenters. The van der Waals surface area contributed by atoms with Crippen LogP contribution in [0.2, 0.25) is 0 Å². The van der Waals surface area contributed by atoms with E-state index in [1.165, 1.54) is 4.68 Å². The zero-order valence-corrected chi connectivity index (χ0v) is 14.3. The zero-order valence-electron chi connectivity index (χ0n) is 12.7. The summed E-state index contributed by atoms with van der Waals surface area (Å²) in [7, 11) is 0. The Bertz CT molecular complexity index is 926. The van der Waals surface area contributed by atoms with Gasteiger partial charge in [0, 0.05) is 22.6 Å². The predicted molar refractivity (Wildman–Crippen MR) is 95.1 cm³/mol. The van der Waals surface area contributed by atoms with E-state index in [2.05, 4.69) is 31.0 Å². The second-order valence-electron chi connectivity index (χ2n) is 5.19.